The second-order valence-electron chi connectivity index (χ2n) is 2.80. The van der Waals surface area contributed by atoms with Gasteiger partial charge in [-0.25, -0.2) is 0 Å². The van der Waals surface area contributed by atoms with Gasteiger partial charge in [0.15, 0.2) is 0 Å². The zero-order valence-electron chi connectivity index (χ0n) is 7.58. The molecule has 0 heterocycles. The van der Waals surface area contributed by atoms with Crippen LogP contribution in [0.5, 0.6) is 0 Å². The third-order valence-electron chi connectivity index (χ3n) is 1.73. The number of hydrogen-bond donors (Lipinski definition) is 1. The number of para-hydroxylation sites is 1. The molecule has 0 saturated carbocycles. The molecule has 1 N–H and O–H groups in total. The summed E-state index contributed by atoms with van der Waals surface area (Å²) in [4.78, 5) is 0. The molecule has 0 saturated heterocycles. The molecule has 0 fully saturated rings. The lowest BCUT2D eigenvalue weighted by Gasteiger charge is -2.09. The van der Waals surface area contributed by atoms with Crippen molar-refractivity contribution in [3.8, 4) is 0 Å². The predicted molar refractivity (Wildman–Crippen MR) is 57.4 cm³/mol. The minimum absolute atomic E-state index is 0.671. The molecule has 0 aliphatic carbocycles. The second-order valence-corrected chi connectivity index (χ2v) is 4.05. The predicted octanol–water partition coefficient (Wildman–Crippen LogP) is 3.55. The summed E-state index contributed by atoms with van der Waals surface area (Å²) in [5, 5.41) is 0.671. The second kappa shape index (κ2) is 5.09. The van der Waals surface area contributed by atoms with E-state index in [1.807, 2.05) is 18.2 Å². The van der Waals surface area contributed by atoms with Gasteiger partial charge in [-0.1, -0.05) is 32.0 Å². The van der Waals surface area contributed by atoms with E-state index in [1.54, 1.807) is 11.9 Å². The van der Waals surface area contributed by atoms with Gasteiger partial charge in [-0.3, -0.25) is 0 Å². The lowest BCUT2D eigenvalue weighted by Crippen LogP contribution is -1.97. The molecule has 1 unspecified atom stereocenters. The molecule has 66 valence electrons. The fourth-order valence-electron chi connectivity index (χ4n) is 0.758. The monoisotopic (exact) mass is 181 g/mol. The van der Waals surface area contributed by atoms with Crippen LogP contribution in [0.15, 0.2) is 30.3 Å². The van der Waals surface area contributed by atoms with E-state index in [1.165, 1.54) is 12.1 Å². The van der Waals surface area contributed by atoms with E-state index in [-0.39, 0.29) is 0 Å². The lowest BCUT2D eigenvalue weighted by molar-refractivity contribution is 0.908. The number of rotatable bonds is 4. The molecule has 12 heavy (non-hydrogen) atoms. The summed E-state index contributed by atoms with van der Waals surface area (Å²) in [7, 11) is 0. The van der Waals surface area contributed by atoms with Gasteiger partial charge in [-0.05, 0) is 30.5 Å². The number of nitrogens with one attached hydrogen (secondary N) is 1. The first kappa shape index (κ1) is 9.46. The van der Waals surface area contributed by atoms with Crippen molar-refractivity contribution in [3.05, 3.63) is 30.3 Å². The van der Waals surface area contributed by atoms with Crippen LogP contribution in [-0.2, 0) is 0 Å². The number of anilines is 1. The highest BCUT2D eigenvalue weighted by Crippen LogP contribution is 2.17. The van der Waals surface area contributed by atoms with Gasteiger partial charge >= 0.3 is 0 Å². The Kier molecular flexibility index (Phi) is 4.01. The van der Waals surface area contributed by atoms with Gasteiger partial charge < -0.3 is 4.72 Å². The van der Waals surface area contributed by atoms with Crippen LogP contribution >= 0.6 is 11.9 Å². The average molecular weight is 181 g/mol. The van der Waals surface area contributed by atoms with Crippen LogP contribution in [0.25, 0.3) is 0 Å². The molecule has 0 aliphatic rings. The van der Waals surface area contributed by atoms with Gasteiger partial charge in [0.25, 0.3) is 0 Å². The molecule has 1 nitrogen and oxygen atoms in total. The molecule has 1 aromatic carbocycles. The van der Waals surface area contributed by atoms with Gasteiger partial charge in [0, 0.05) is 10.9 Å². The highest BCUT2D eigenvalue weighted by molar-refractivity contribution is 8.01. The molecule has 1 aromatic rings. The van der Waals surface area contributed by atoms with Crippen molar-refractivity contribution >= 4 is 17.6 Å². The third kappa shape index (κ3) is 3.18. The Morgan fingerprint density at radius 1 is 1.33 bits per heavy atom. The normalized spacial score (nSPS) is 12.5. The fourth-order valence-corrected chi connectivity index (χ4v) is 1.40. The topological polar surface area (TPSA) is 12.0 Å². The van der Waals surface area contributed by atoms with Gasteiger partial charge in [0.2, 0.25) is 0 Å². The van der Waals surface area contributed by atoms with Crippen LogP contribution < -0.4 is 4.72 Å². The number of benzene rings is 1. The molecular formula is C10H15NS. The SMILES string of the molecule is CCC(C)SNc1ccccc1. The molecular weight excluding hydrogens is 166 g/mol. The van der Waals surface area contributed by atoms with Gasteiger partial charge in [0.05, 0.1) is 0 Å². The van der Waals surface area contributed by atoms with Crippen molar-refractivity contribution in [2.45, 2.75) is 25.5 Å². The molecule has 0 amide bonds. The first-order valence-electron chi connectivity index (χ1n) is 4.29. The Labute approximate surface area is 78.7 Å². The van der Waals surface area contributed by atoms with Gasteiger partial charge in [-0.15, -0.1) is 0 Å². The molecule has 0 radical (unpaired) electrons. The van der Waals surface area contributed by atoms with E-state index in [0.29, 0.717) is 5.25 Å². The van der Waals surface area contributed by atoms with Crippen LogP contribution in [0, 0.1) is 0 Å². The Bertz CT molecular complexity index is 210. The minimum Gasteiger partial charge on any atom is -0.330 e. The van der Waals surface area contributed by atoms with Crippen molar-refractivity contribution in [1.29, 1.82) is 0 Å². The zero-order chi connectivity index (χ0) is 8.81. The van der Waals surface area contributed by atoms with E-state index in [9.17, 15) is 0 Å². The Morgan fingerprint density at radius 2 is 2.00 bits per heavy atom. The summed E-state index contributed by atoms with van der Waals surface area (Å²) in [5.74, 6) is 0. The van der Waals surface area contributed by atoms with Crippen molar-refractivity contribution < 1.29 is 0 Å². The minimum atomic E-state index is 0.671. The fraction of sp³-hybridized carbons (Fsp3) is 0.400. The van der Waals surface area contributed by atoms with E-state index in [2.05, 4.69) is 30.7 Å². The first-order chi connectivity index (χ1) is 5.83. The summed E-state index contributed by atoms with van der Waals surface area (Å²) >= 11 is 1.78. The van der Waals surface area contributed by atoms with Crippen molar-refractivity contribution in [3.63, 3.8) is 0 Å². The molecule has 1 rings (SSSR count). The maximum absolute atomic E-state index is 3.31. The summed E-state index contributed by atoms with van der Waals surface area (Å²) < 4.78 is 3.31. The Hall–Kier alpha value is -0.630. The zero-order valence-corrected chi connectivity index (χ0v) is 8.40. The van der Waals surface area contributed by atoms with Crippen LogP contribution in [0.1, 0.15) is 20.3 Å². The maximum Gasteiger partial charge on any atom is 0.0440 e. The third-order valence-corrected chi connectivity index (χ3v) is 2.82. The van der Waals surface area contributed by atoms with E-state index in [0.717, 1.165) is 0 Å². The van der Waals surface area contributed by atoms with Crippen LogP contribution in [0.3, 0.4) is 0 Å². The molecule has 0 spiro atoms. The average Bonchev–Trinajstić information content (AvgIpc) is 2.16. The number of hydrogen-bond acceptors (Lipinski definition) is 2. The Morgan fingerprint density at radius 3 is 2.58 bits per heavy atom. The van der Waals surface area contributed by atoms with E-state index >= 15 is 0 Å². The molecule has 0 aliphatic heterocycles. The summed E-state index contributed by atoms with van der Waals surface area (Å²) in [5.41, 5.74) is 1.18. The maximum atomic E-state index is 3.31. The molecule has 1 atom stereocenters. The molecule has 0 aromatic heterocycles. The quantitative estimate of drug-likeness (QED) is 0.713. The van der Waals surface area contributed by atoms with Crippen molar-refractivity contribution in [2.75, 3.05) is 4.72 Å². The van der Waals surface area contributed by atoms with Crippen molar-refractivity contribution in [1.82, 2.24) is 0 Å². The van der Waals surface area contributed by atoms with Crippen molar-refractivity contribution in [2.24, 2.45) is 0 Å². The molecule has 0 bridgehead atoms. The van der Waals surface area contributed by atoms with Crippen LogP contribution in [0.2, 0.25) is 0 Å². The summed E-state index contributed by atoms with van der Waals surface area (Å²) in [6, 6.07) is 10.3. The van der Waals surface area contributed by atoms with E-state index in [4.69, 9.17) is 0 Å². The highest BCUT2D eigenvalue weighted by Gasteiger charge is 1.97. The lowest BCUT2D eigenvalue weighted by atomic mass is 10.3. The first-order valence-corrected chi connectivity index (χ1v) is 5.17. The van der Waals surface area contributed by atoms with Gasteiger partial charge in [-0.2, -0.15) is 0 Å². The molecule has 2 heteroatoms. The standard InChI is InChI=1S/C10H15NS/c1-3-9(2)12-11-10-7-5-4-6-8-10/h4-9,11H,3H2,1-2H3. The Balaban J connectivity index is 2.33. The largest absolute Gasteiger partial charge is 0.330 e. The smallest absolute Gasteiger partial charge is 0.0440 e. The van der Waals surface area contributed by atoms with E-state index < -0.39 is 0 Å². The summed E-state index contributed by atoms with van der Waals surface area (Å²) in [6.45, 7) is 4.42. The van der Waals surface area contributed by atoms with Crippen LogP contribution in [-0.4, -0.2) is 5.25 Å². The highest BCUT2D eigenvalue weighted by atomic mass is 32.2. The van der Waals surface area contributed by atoms with Crippen LogP contribution in [0.4, 0.5) is 5.69 Å². The summed E-state index contributed by atoms with van der Waals surface area (Å²) in [6.07, 6.45) is 1.20. The van der Waals surface area contributed by atoms with Gasteiger partial charge in [0.1, 0.15) is 0 Å².